The largest absolute Gasteiger partial charge is 0.504 e. The molecule has 0 radical (unpaired) electrons. The monoisotopic (exact) mass is 402 g/mol. The van der Waals surface area contributed by atoms with Crippen molar-refractivity contribution in [3.8, 4) is 11.5 Å². The highest BCUT2D eigenvalue weighted by Crippen LogP contribution is 2.34. The van der Waals surface area contributed by atoms with E-state index < -0.39 is 5.91 Å². The van der Waals surface area contributed by atoms with Crippen LogP contribution >= 0.6 is 34.8 Å². The average Bonchev–Trinajstić information content (AvgIpc) is 2.59. The molecule has 132 valence electrons. The number of phenolic OH excluding ortho intramolecular Hbond substituents is 1. The van der Waals surface area contributed by atoms with Crippen LogP contribution in [-0.4, -0.2) is 28.8 Å². The number of phenols is 1. The molecule has 1 amide bonds. The summed E-state index contributed by atoms with van der Waals surface area (Å²) in [6.45, 7) is 2.19. The number of carbonyl (C=O) groups is 1. The number of benzene rings is 1. The van der Waals surface area contributed by atoms with Gasteiger partial charge in [0.25, 0.3) is 5.91 Å². The summed E-state index contributed by atoms with van der Waals surface area (Å²) in [7, 11) is 0. The fraction of sp³-hybridized carbons (Fsp3) is 0.133. The lowest BCUT2D eigenvalue weighted by molar-refractivity contribution is 0.0950. The van der Waals surface area contributed by atoms with Crippen LogP contribution in [0.2, 0.25) is 15.2 Å². The lowest BCUT2D eigenvalue weighted by Gasteiger charge is -2.08. The summed E-state index contributed by atoms with van der Waals surface area (Å²) in [5, 5.41) is 13.1. The molecule has 0 fully saturated rings. The molecular weight excluding hydrogens is 391 g/mol. The van der Waals surface area contributed by atoms with Gasteiger partial charge in [0.15, 0.2) is 22.3 Å². The molecule has 2 rings (SSSR count). The van der Waals surface area contributed by atoms with E-state index in [0.717, 1.165) is 0 Å². The highest BCUT2D eigenvalue weighted by atomic mass is 35.5. The van der Waals surface area contributed by atoms with Crippen LogP contribution in [0, 0.1) is 0 Å². The van der Waals surface area contributed by atoms with Gasteiger partial charge in [0.05, 0.1) is 23.5 Å². The van der Waals surface area contributed by atoms with Crippen molar-refractivity contribution in [2.24, 2.45) is 5.10 Å². The van der Waals surface area contributed by atoms with Crippen LogP contribution < -0.4 is 15.9 Å². The maximum Gasteiger partial charge on any atom is 0.291 e. The third-order valence-corrected chi connectivity index (χ3v) is 4.09. The lowest BCUT2D eigenvalue weighted by atomic mass is 10.2. The second-order valence-electron chi connectivity index (χ2n) is 4.65. The van der Waals surface area contributed by atoms with Gasteiger partial charge in [-0.2, -0.15) is 5.10 Å². The summed E-state index contributed by atoms with van der Waals surface area (Å²) in [4.78, 5) is 15.9. The van der Waals surface area contributed by atoms with Gasteiger partial charge in [-0.15, -0.1) is 0 Å². The Labute approximate surface area is 158 Å². The summed E-state index contributed by atoms with van der Waals surface area (Å²) in [5.41, 5.74) is 8.25. The zero-order valence-electron chi connectivity index (χ0n) is 12.9. The predicted molar refractivity (Wildman–Crippen MR) is 98.0 cm³/mol. The molecule has 1 aromatic heterocycles. The normalized spacial score (nSPS) is 10.9. The van der Waals surface area contributed by atoms with Crippen molar-refractivity contribution in [3.63, 3.8) is 0 Å². The fourth-order valence-electron chi connectivity index (χ4n) is 1.78. The first kappa shape index (κ1) is 19.1. The second kappa shape index (κ2) is 8.24. The number of aromatic hydroxyl groups is 1. The summed E-state index contributed by atoms with van der Waals surface area (Å²) >= 11 is 17.5. The molecule has 10 heteroatoms. The standard InChI is InChI=1S/C15H13Cl3N4O3/c1-2-25-9-5-7(3-4-8(9)23)6-20-22-15(24)13-10(16)12(19)11(17)14(18)21-13/h3-6,23H,2H2,1H3,(H2,19,21)(H,22,24). The van der Waals surface area contributed by atoms with Gasteiger partial charge in [0.1, 0.15) is 5.02 Å². The van der Waals surface area contributed by atoms with Gasteiger partial charge >= 0.3 is 0 Å². The number of hydrogen-bond donors (Lipinski definition) is 3. The zero-order valence-corrected chi connectivity index (χ0v) is 15.2. The van der Waals surface area contributed by atoms with Crippen molar-refractivity contribution in [2.45, 2.75) is 6.92 Å². The Morgan fingerprint density at radius 2 is 2.12 bits per heavy atom. The van der Waals surface area contributed by atoms with Crippen molar-refractivity contribution in [2.75, 3.05) is 12.3 Å². The van der Waals surface area contributed by atoms with E-state index in [1.165, 1.54) is 12.3 Å². The molecule has 7 nitrogen and oxygen atoms in total. The summed E-state index contributed by atoms with van der Waals surface area (Å²) in [6, 6.07) is 4.61. The Morgan fingerprint density at radius 1 is 1.40 bits per heavy atom. The molecule has 0 unspecified atom stereocenters. The third-order valence-electron chi connectivity index (χ3n) is 2.95. The summed E-state index contributed by atoms with van der Waals surface area (Å²) in [5.74, 6) is -0.402. The Bertz CT molecular complexity index is 843. The van der Waals surface area contributed by atoms with Crippen molar-refractivity contribution in [3.05, 3.63) is 44.7 Å². The number of carbonyl (C=O) groups excluding carboxylic acids is 1. The Morgan fingerprint density at radius 3 is 2.80 bits per heavy atom. The van der Waals surface area contributed by atoms with Gasteiger partial charge in [-0.25, -0.2) is 10.4 Å². The Kier molecular flexibility index (Phi) is 6.30. The number of hydrogen-bond acceptors (Lipinski definition) is 6. The number of halogens is 3. The van der Waals surface area contributed by atoms with Gasteiger partial charge in [0.2, 0.25) is 0 Å². The number of pyridine rings is 1. The predicted octanol–water partition coefficient (Wildman–Crippen LogP) is 3.49. The van der Waals surface area contributed by atoms with Gasteiger partial charge in [-0.05, 0) is 30.7 Å². The smallest absolute Gasteiger partial charge is 0.291 e. The van der Waals surface area contributed by atoms with Crippen LogP contribution in [0.4, 0.5) is 5.69 Å². The molecule has 1 aromatic carbocycles. The molecule has 25 heavy (non-hydrogen) atoms. The number of rotatable bonds is 5. The van der Waals surface area contributed by atoms with E-state index in [2.05, 4.69) is 15.5 Å². The topological polar surface area (TPSA) is 110 Å². The quantitative estimate of drug-likeness (QED) is 0.402. The minimum atomic E-state index is -0.713. The van der Waals surface area contributed by atoms with Crippen LogP contribution in [-0.2, 0) is 0 Å². The number of ether oxygens (including phenoxy) is 1. The van der Waals surface area contributed by atoms with Gasteiger partial charge in [-0.1, -0.05) is 34.8 Å². The number of hydrazone groups is 1. The molecular formula is C15H13Cl3N4O3. The van der Waals surface area contributed by atoms with Crippen LogP contribution in [0.25, 0.3) is 0 Å². The van der Waals surface area contributed by atoms with E-state index in [-0.39, 0.29) is 32.3 Å². The molecule has 0 aliphatic carbocycles. The maximum atomic E-state index is 12.1. The minimum Gasteiger partial charge on any atom is -0.504 e. The molecule has 0 saturated heterocycles. The van der Waals surface area contributed by atoms with Crippen molar-refractivity contribution >= 4 is 52.6 Å². The molecule has 0 spiro atoms. The lowest BCUT2D eigenvalue weighted by Crippen LogP contribution is -2.20. The molecule has 2 aromatic rings. The number of nitrogens with zero attached hydrogens (tertiary/aromatic N) is 2. The maximum absolute atomic E-state index is 12.1. The molecule has 0 bridgehead atoms. The summed E-state index contributed by atoms with van der Waals surface area (Å²) < 4.78 is 5.26. The number of nitrogens with two attached hydrogens (primary N) is 1. The molecule has 0 atom stereocenters. The van der Waals surface area contributed by atoms with Crippen molar-refractivity contribution in [1.82, 2.24) is 10.4 Å². The molecule has 0 aliphatic heterocycles. The third kappa shape index (κ3) is 4.45. The highest BCUT2D eigenvalue weighted by molar-refractivity contribution is 6.46. The van der Waals surface area contributed by atoms with E-state index in [1.807, 2.05) is 0 Å². The van der Waals surface area contributed by atoms with Crippen molar-refractivity contribution in [1.29, 1.82) is 0 Å². The van der Waals surface area contributed by atoms with E-state index in [9.17, 15) is 9.90 Å². The van der Waals surface area contributed by atoms with Gasteiger partial charge < -0.3 is 15.6 Å². The van der Waals surface area contributed by atoms with Crippen LogP contribution in [0.3, 0.4) is 0 Å². The number of nitrogens with one attached hydrogen (secondary N) is 1. The second-order valence-corrected chi connectivity index (χ2v) is 5.77. The number of amides is 1. The molecule has 0 saturated carbocycles. The van der Waals surface area contributed by atoms with E-state index in [0.29, 0.717) is 17.9 Å². The SMILES string of the molecule is CCOc1cc(C=NNC(=O)c2nc(Cl)c(Cl)c(N)c2Cl)ccc1O. The van der Waals surface area contributed by atoms with Crippen molar-refractivity contribution < 1.29 is 14.6 Å². The van der Waals surface area contributed by atoms with E-state index >= 15 is 0 Å². The van der Waals surface area contributed by atoms with Gasteiger partial charge in [-0.3, -0.25) is 4.79 Å². The van der Waals surface area contributed by atoms with Gasteiger partial charge in [0, 0.05) is 0 Å². The first-order chi connectivity index (χ1) is 11.8. The molecule has 1 heterocycles. The molecule has 0 aliphatic rings. The fourth-order valence-corrected chi connectivity index (χ4v) is 2.38. The van der Waals surface area contributed by atoms with E-state index in [1.54, 1.807) is 19.1 Å². The van der Waals surface area contributed by atoms with E-state index in [4.69, 9.17) is 45.3 Å². The van der Waals surface area contributed by atoms with Crippen LogP contribution in [0.15, 0.2) is 23.3 Å². The molecule has 4 N–H and O–H groups in total. The Hall–Kier alpha value is -2.22. The number of nitrogen functional groups attached to an aromatic ring is 1. The average molecular weight is 404 g/mol. The summed E-state index contributed by atoms with van der Waals surface area (Å²) in [6.07, 6.45) is 1.36. The van der Waals surface area contributed by atoms with Crippen LogP contribution in [0.5, 0.6) is 11.5 Å². The first-order valence-corrected chi connectivity index (χ1v) is 8.07. The first-order valence-electron chi connectivity index (χ1n) is 6.94. The number of anilines is 1. The van der Waals surface area contributed by atoms with Crippen LogP contribution in [0.1, 0.15) is 23.0 Å². The zero-order chi connectivity index (χ0) is 18.6. The number of aromatic nitrogens is 1. The highest BCUT2D eigenvalue weighted by Gasteiger charge is 2.19. The Balaban J connectivity index is 2.15. The minimum absolute atomic E-state index is 0.00491.